The molecule has 1 saturated heterocycles. The number of halogens is 1. The van der Waals surface area contributed by atoms with E-state index in [1.807, 2.05) is 6.92 Å². The smallest absolute Gasteiger partial charge is 0.229 e. The van der Waals surface area contributed by atoms with Gasteiger partial charge in [-0.25, -0.2) is 22.8 Å². The highest BCUT2D eigenvalue weighted by molar-refractivity contribution is 7.90. The number of hydrogen-bond acceptors (Lipinski definition) is 7. The summed E-state index contributed by atoms with van der Waals surface area (Å²) < 4.78 is 49.1. The number of hydrogen-bond donors (Lipinski definition) is 0. The fourth-order valence-corrected chi connectivity index (χ4v) is 3.90. The van der Waals surface area contributed by atoms with Crippen LogP contribution in [0.3, 0.4) is 0 Å². The molecule has 0 bridgehead atoms. The minimum absolute atomic E-state index is 0.0265. The molecule has 1 aliphatic rings. The van der Waals surface area contributed by atoms with E-state index in [9.17, 15) is 12.8 Å². The predicted molar refractivity (Wildman–Crippen MR) is 111 cm³/mol. The molecule has 162 valence electrons. The maximum Gasteiger partial charge on any atom is 0.229 e. The summed E-state index contributed by atoms with van der Waals surface area (Å²) in [6.07, 6.45) is 4.09. The van der Waals surface area contributed by atoms with Gasteiger partial charge < -0.3 is 9.47 Å². The molecule has 1 aromatic heterocycles. The second kappa shape index (κ2) is 9.09. The van der Waals surface area contributed by atoms with Crippen LogP contribution in [-0.2, 0) is 9.84 Å². The minimum Gasteiger partial charge on any atom is -0.474 e. The Morgan fingerprint density at radius 1 is 1.27 bits per heavy atom. The number of likely N-dealkylation sites (tertiary alicyclic amines) is 1. The molecule has 30 heavy (non-hydrogen) atoms. The third kappa shape index (κ3) is 5.54. The number of rotatable bonds is 7. The third-order valence-corrected chi connectivity index (χ3v) is 5.95. The van der Waals surface area contributed by atoms with Gasteiger partial charge in [-0.05, 0) is 44.9 Å². The lowest BCUT2D eigenvalue weighted by Crippen LogP contribution is -2.39. The van der Waals surface area contributed by atoms with Crippen LogP contribution in [0.2, 0.25) is 0 Å². The Morgan fingerprint density at radius 3 is 2.53 bits per heavy atom. The van der Waals surface area contributed by atoms with Crippen LogP contribution in [0.5, 0.6) is 17.5 Å². The summed E-state index contributed by atoms with van der Waals surface area (Å²) in [6, 6.07) is 3.49. The highest BCUT2D eigenvalue weighted by Gasteiger charge is 2.23. The van der Waals surface area contributed by atoms with Crippen LogP contribution in [-0.4, -0.2) is 55.3 Å². The number of benzene rings is 1. The average molecular weight is 436 g/mol. The van der Waals surface area contributed by atoms with E-state index in [4.69, 9.17) is 9.47 Å². The molecule has 1 fully saturated rings. The molecule has 0 atom stereocenters. The molecule has 1 aliphatic heterocycles. The molecule has 0 N–H and O–H groups in total. The normalized spacial score (nSPS) is 15.7. The van der Waals surface area contributed by atoms with Crippen molar-refractivity contribution < 1.29 is 22.3 Å². The van der Waals surface area contributed by atoms with Crippen molar-refractivity contribution in [2.75, 3.05) is 25.9 Å². The Balaban J connectivity index is 1.69. The number of nitrogens with zero attached hydrogens (tertiary/aromatic N) is 3. The molecular formula is C21H26FN3O4S. The highest BCUT2D eigenvalue weighted by Crippen LogP contribution is 2.31. The van der Waals surface area contributed by atoms with Gasteiger partial charge in [0, 0.05) is 25.9 Å². The number of ether oxygens (including phenoxy) is 2. The zero-order valence-corrected chi connectivity index (χ0v) is 18.2. The molecule has 9 heteroatoms. The van der Waals surface area contributed by atoms with Gasteiger partial charge in [0.05, 0.1) is 10.5 Å². The van der Waals surface area contributed by atoms with Gasteiger partial charge in [0.2, 0.25) is 11.8 Å². The van der Waals surface area contributed by atoms with Crippen LogP contribution < -0.4 is 9.47 Å². The summed E-state index contributed by atoms with van der Waals surface area (Å²) in [5.74, 6) is -0.358. The standard InChI is InChI=1S/C21H26FN3O4S/c1-14(2)12-25-9-7-16(8-10-25)28-20-15(3)21(24-13-23-20)29-19-6-5-17(11-18(19)22)30(4,26)27/h5-6,11,13,16H,1,7-10,12H2,2-4H3. The molecule has 7 nitrogen and oxygen atoms in total. The van der Waals surface area contributed by atoms with Gasteiger partial charge in [-0.1, -0.05) is 12.2 Å². The Morgan fingerprint density at radius 2 is 1.93 bits per heavy atom. The van der Waals surface area contributed by atoms with Gasteiger partial charge in [-0.3, -0.25) is 4.90 Å². The van der Waals surface area contributed by atoms with Gasteiger partial charge in [-0.15, -0.1) is 0 Å². The number of aromatic nitrogens is 2. The second-order valence-electron chi connectivity index (χ2n) is 7.63. The zero-order valence-electron chi connectivity index (χ0n) is 17.4. The lowest BCUT2D eigenvalue weighted by molar-refractivity contribution is 0.101. The first-order valence-electron chi connectivity index (χ1n) is 9.66. The molecule has 0 unspecified atom stereocenters. The van der Waals surface area contributed by atoms with Crippen LogP contribution in [0.1, 0.15) is 25.3 Å². The predicted octanol–water partition coefficient (Wildman–Crippen LogP) is 3.54. The largest absolute Gasteiger partial charge is 0.474 e. The fraction of sp³-hybridized carbons (Fsp3) is 0.429. The third-order valence-electron chi connectivity index (χ3n) is 4.84. The van der Waals surface area contributed by atoms with E-state index in [2.05, 4.69) is 21.4 Å². The summed E-state index contributed by atoms with van der Waals surface area (Å²) in [5, 5.41) is 0. The van der Waals surface area contributed by atoms with E-state index in [-0.39, 0.29) is 22.6 Å². The maximum atomic E-state index is 14.3. The number of sulfone groups is 1. The Hall–Kier alpha value is -2.52. The first-order chi connectivity index (χ1) is 14.1. The molecule has 0 saturated carbocycles. The molecule has 2 aromatic rings. The van der Waals surface area contributed by atoms with E-state index < -0.39 is 15.7 Å². The van der Waals surface area contributed by atoms with Gasteiger partial charge >= 0.3 is 0 Å². The summed E-state index contributed by atoms with van der Waals surface area (Å²) in [4.78, 5) is 10.5. The Labute approximate surface area is 176 Å². The Kier molecular flexibility index (Phi) is 6.72. The molecule has 1 aromatic carbocycles. The van der Waals surface area contributed by atoms with E-state index in [1.165, 1.54) is 18.5 Å². The van der Waals surface area contributed by atoms with Crippen molar-refractivity contribution >= 4 is 9.84 Å². The van der Waals surface area contributed by atoms with E-state index in [0.29, 0.717) is 11.4 Å². The first-order valence-corrected chi connectivity index (χ1v) is 11.5. The summed E-state index contributed by atoms with van der Waals surface area (Å²) in [5.41, 5.74) is 1.69. The molecule has 2 heterocycles. The molecular weight excluding hydrogens is 409 g/mol. The SMILES string of the molecule is C=C(C)CN1CCC(Oc2ncnc(Oc3ccc(S(C)(=O)=O)cc3F)c2C)CC1. The number of piperidine rings is 1. The summed E-state index contributed by atoms with van der Waals surface area (Å²) in [7, 11) is -3.51. The van der Waals surface area contributed by atoms with Crippen molar-refractivity contribution in [3.63, 3.8) is 0 Å². The monoisotopic (exact) mass is 435 g/mol. The van der Waals surface area contributed by atoms with Crippen molar-refractivity contribution in [2.45, 2.75) is 37.7 Å². The lowest BCUT2D eigenvalue weighted by atomic mass is 10.1. The molecule has 3 rings (SSSR count). The van der Waals surface area contributed by atoms with Crippen molar-refractivity contribution in [1.29, 1.82) is 0 Å². The van der Waals surface area contributed by atoms with E-state index in [1.54, 1.807) is 6.92 Å². The van der Waals surface area contributed by atoms with Crippen molar-refractivity contribution in [3.8, 4) is 17.5 Å². The van der Waals surface area contributed by atoms with Crippen LogP contribution in [0.4, 0.5) is 4.39 Å². The van der Waals surface area contributed by atoms with E-state index in [0.717, 1.165) is 50.4 Å². The van der Waals surface area contributed by atoms with Crippen molar-refractivity contribution in [2.24, 2.45) is 0 Å². The lowest BCUT2D eigenvalue weighted by Gasteiger charge is -2.32. The molecule has 0 amide bonds. The zero-order chi connectivity index (χ0) is 21.9. The van der Waals surface area contributed by atoms with Gasteiger partial charge in [0.25, 0.3) is 0 Å². The van der Waals surface area contributed by atoms with Crippen LogP contribution in [0.25, 0.3) is 0 Å². The Bertz CT molecular complexity index is 1030. The fourth-order valence-electron chi connectivity index (χ4n) is 3.26. The second-order valence-corrected chi connectivity index (χ2v) is 9.64. The molecule has 0 radical (unpaired) electrons. The van der Waals surface area contributed by atoms with Crippen molar-refractivity contribution in [1.82, 2.24) is 14.9 Å². The minimum atomic E-state index is -3.51. The van der Waals surface area contributed by atoms with Gasteiger partial charge in [0.1, 0.15) is 12.4 Å². The first kappa shape index (κ1) is 22.2. The van der Waals surface area contributed by atoms with Crippen molar-refractivity contribution in [3.05, 3.63) is 48.1 Å². The average Bonchev–Trinajstić information content (AvgIpc) is 2.66. The quantitative estimate of drug-likeness (QED) is 0.615. The topological polar surface area (TPSA) is 81.6 Å². The molecule has 0 spiro atoms. The highest BCUT2D eigenvalue weighted by atomic mass is 32.2. The summed E-state index contributed by atoms with van der Waals surface area (Å²) in [6.45, 7) is 10.4. The van der Waals surface area contributed by atoms with Crippen LogP contribution in [0.15, 0.2) is 41.6 Å². The van der Waals surface area contributed by atoms with E-state index >= 15 is 0 Å². The van der Waals surface area contributed by atoms with Crippen LogP contribution >= 0.6 is 0 Å². The van der Waals surface area contributed by atoms with Gasteiger partial charge in [0.15, 0.2) is 21.4 Å². The van der Waals surface area contributed by atoms with Gasteiger partial charge in [-0.2, -0.15) is 0 Å². The molecule has 0 aliphatic carbocycles. The summed E-state index contributed by atoms with van der Waals surface area (Å²) >= 11 is 0. The van der Waals surface area contributed by atoms with Crippen LogP contribution in [0, 0.1) is 12.7 Å². The maximum absolute atomic E-state index is 14.3.